The van der Waals surface area contributed by atoms with Gasteiger partial charge in [0, 0.05) is 18.2 Å². The number of nitrogens with zero attached hydrogens (tertiary/aromatic N) is 2. The lowest BCUT2D eigenvalue weighted by molar-refractivity contribution is -0.127. The molecular weight excluding hydrogens is 278 g/mol. The Balaban J connectivity index is 2.02. The van der Waals surface area contributed by atoms with Crippen molar-refractivity contribution < 1.29 is 4.79 Å². The maximum absolute atomic E-state index is 12.1. The van der Waals surface area contributed by atoms with E-state index < -0.39 is 0 Å². The molecule has 0 aromatic carbocycles. The quantitative estimate of drug-likeness (QED) is 0.615. The number of nitrogens with one attached hydrogen (secondary N) is 1. The smallest absolute Gasteiger partial charge is 0.224 e. The summed E-state index contributed by atoms with van der Waals surface area (Å²) < 4.78 is 0. The maximum atomic E-state index is 12.1. The number of amides is 1. The van der Waals surface area contributed by atoms with E-state index in [1.54, 1.807) is 11.8 Å². The highest BCUT2D eigenvalue weighted by Gasteiger charge is 2.37. The van der Waals surface area contributed by atoms with Crippen LogP contribution < -0.4 is 5.32 Å². The van der Waals surface area contributed by atoms with Crippen molar-refractivity contribution in [2.24, 2.45) is 16.8 Å². The van der Waals surface area contributed by atoms with E-state index in [1.807, 2.05) is 6.07 Å². The van der Waals surface area contributed by atoms with Crippen molar-refractivity contribution in [1.82, 2.24) is 5.32 Å². The van der Waals surface area contributed by atoms with Gasteiger partial charge in [-0.2, -0.15) is 17.9 Å². The van der Waals surface area contributed by atoms with E-state index in [0.717, 1.165) is 43.0 Å². The van der Waals surface area contributed by atoms with Gasteiger partial charge in [-0.1, -0.05) is 12.8 Å². The summed E-state index contributed by atoms with van der Waals surface area (Å²) >= 11 is 6.48. The molecule has 0 radical (unpaired) electrons. The molecule has 1 aliphatic heterocycles. The van der Waals surface area contributed by atoms with Gasteiger partial charge in [0.1, 0.15) is 6.54 Å². The van der Waals surface area contributed by atoms with Crippen LogP contribution in [0, 0.1) is 23.2 Å². The predicted molar refractivity (Wildman–Crippen MR) is 81.6 cm³/mol. The fourth-order valence-electron chi connectivity index (χ4n) is 2.83. The third-order valence-electron chi connectivity index (χ3n) is 3.77. The van der Waals surface area contributed by atoms with Gasteiger partial charge in [0.05, 0.1) is 16.4 Å². The second kappa shape index (κ2) is 7.20. The van der Waals surface area contributed by atoms with Crippen LogP contribution in [-0.2, 0) is 4.79 Å². The summed E-state index contributed by atoms with van der Waals surface area (Å²) in [5.41, 5.74) is 0. The molecule has 4 nitrogen and oxygen atoms in total. The first-order valence-electron chi connectivity index (χ1n) is 6.74. The van der Waals surface area contributed by atoms with Crippen LogP contribution in [0.15, 0.2) is 4.99 Å². The highest BCUT2D eigenvalue weighted by molar-refractivity contribution is 8.15. The number of nitriles is 1. The highest BCUT2D eigenvalue weighted by Crippen LogP contribution is 2.37. The zero-order valence-corrected chi connectivity index (χ0v) is 12.6. The standard InChI is InChI=1S/C13H19N3OS2/c14-5-6-15-12(17)10-4-2-1-3-9(10)11(18)13-16-7-8-19-13/h9-11,18H,1-4,6-8H2,(H,15,17). The number of thioether (sulfide) groups is 1. The Kier molecular flexibility index (Phi) is 5.59. The predicted octanol–water partition coefficient (Wildman–Crippen LogP) is 1.88. The van der Waals surface area contributed by atoms with Crippen molar-refractivity contribution in [3.8, 4) is 6.07 Å². The molecule has 3 atom stereocenters. The molecule has 0 aromatic heterocycles. The molecule has 1 N–H and O–H groups in total. The average Bonchev–Trinajstić information content (AvgIpc) is 2.98. The summed E-state index contributed by atoms with van der Waals surface area (Å²) in [5.74, 6) is 1.27. The van der Waals surface area contributed by atoms with E-state index in [0.29, 0.717) is 0 Å². The zero-order valence-electron chi connectivity index (χ0n) is 10.8. The van der Waals surface area contributed by atoms with Crippen molar-refractivity contribution in [2.75, 3.05) is 18.8 Å². The summed E-state index contributed by atoms with van der Waals surface area (Å²) in [6.45, 7) is 0.962. The van der Waals surface area contributed by atoms with Gasteiger partial charge in [-0.05, 0) is 18.8 Å². The molecule has 2 aliphatic rings. The van der Waals surface area contributed by atoms with Crippen molar-refractivity contribution in [3.63, 3.8) is 0 Å². The minimum atomic E-state index is -0.0199. The van der Waals surface area contributed by atoms with Gasteiger partial charge >= 0.3 is 0 Å². The fraction of sp³-hybridized carbons (Fsp3) is 0.769. The minimum absolute atomic E-state index is 0.00824. The summed E-state index contributed by atoms with van der Waals surface area (Å²) in [5, 5.41) is 12.4. The molecule has 6 heteroatoms. The molecule has 1 aliphatic carbocycles. The van der Waals surface area contributed by atoms with Gasteiger partial charge in [-0.25, -0.2) is 0 Å². The van der Waals surface area contributed by atoms with E-state index in [1.165, 1.54) is 0 Å². The van der Waals surface area contributed by atoms with Gasteiger partial charge in [0.15, 0.2) is 0 Å². The lowest BCUT2D eigenvalue weighted by Crippen LogP contribution is -2.41. The van der Waals surface area contributed by atoms with Gasteiger partial charge in [0.2, 0.25) is 5.91 Å². The van der Waals surface area contributed by atoms with Crippen molar-refractivity contribution in [2.45, 2.75) is 30.9 Å². The molecule has 1 heterocycles. The second-order valence-electron chi connectivity index (χ2n) is 4.94. The number of carbonyl (C=O) groups is 1. The molecule has 1 amide bonds. The molecule has 0 aromatic rings. The monoisotopic (exact) mass is 297 g/mol. The highest BCUT2D eigenvalue weighted by atomic mass is 32.2. The first-order valence-corrected chi connectivity index (χ1v) is 8.24. The van der Waals surface area contributed by atoms with Crippen molar-refractivity contribution in [3.05, 3.63) is 0 Å². The third-order valence-corrected chi connectivity index (χ3v) is 5.63. The van der Waals surface area contributed by atoms with E-state index in [2.05, 4.69) is 10.3 Å². The number of aliphatic imine (C=N–C) groups is 1. The first-order chi connectivity index (χ1) is 9.24. The Morgan fingerprint density at radius 3 is 3.05 bits per heavy atom. The largest absolute Gasteiger partial charge is 0.343 e. The summed E-state index contributed by atoms with van der Waals surface area (Å²) in [6, 6.07) is 1.96. The molecule has 1 saturated carbocycles. The molecular formula is C13H19N3OS2. The van der Waals surface area contributed by atoms with Gasteiger partial charge in [0.25, 0.3) is 0 Å². The summed E-state index contributed by atoms with van der Waals surface area (Å²) in [7, 11) is 0. The molecule has 2 rings (SSSR count). The van der Waals surface area contributed by atoms with E-state index in [-0.39, 0.29) is 29.5 Å². The zero-order chi connectivity index (χ0) is 13.7. The van der Waals surface area contributed by atoms with Gasteiger partial charge < -0.3 is 5.32 Å². The molecule has 1 fully saturated rings. The molecule has 19 heavy (non-hydrogen) atoms. The molecule has 104 valence electrons. The number of rotatable bonds is 4. The first kappa shape index (κ1) is 14.7. The number of hydrogen-bond acceptors (Lipinski definition) is 5. The lowest BCUT2D eigenvalue weighted by atomic mass is 9.77. The Morgan fingerprint density at radius 1 is 1.58 bits per heavy atom. The maximum Gasteiger partial charge on any atom is 0.224 e. The number of thiol groups is 1. The second-order valence-corrected chi connectivity index (χ2v) is 6.62. The van der Waals surface area contributed by atoms with Crippen LogP contribution in [-0.4, -0.2) is 35.0 Å². The Labute approximate surface area is 123 Å². The van der Waals surface area contributed by atoms with Crippen LogP contribution >= 0.6 is 24.4 Å². The molecule has 3 unspecified atom stereocenters. The average molecular weight is 297 g/mol. The Hall–Kier alpha value is -0.670. The van der Waals surface area contributed by atoms with Crippen molar-refractivity contribution in [1.29, 1.82) is 5.26 Å². The molecule has 0 saturated heterocycles. The van der Waals surface area contributed by atoms with Crippen LogP contribution in [0.4, 0.5) is 0 Å². The fourth-order valence-corrected chi connectivity index (χ4v) is 4.42. The van der Waals surface area contributed by atoms with Crippen LogP contribution in [0.5, 0.6) is 0 Å². The number of hydrogen-bond donors (Lipinski definition) is 2. The Bertz CT molecular complexity index is 405. The van der Waals surface area contributed by atoms with Crippen molar-refractivity contribution >= 4 is 35.3 Å². The van der Waals surface area contributed by atoms with E-state index in [4.69, 9.17) is 17.9 Å². The minimum Gasteiger partial charge on any atom is -0.343 e. The topological polar surface area (TPSA) is 65.2 Å². The van der Waals surface area contributed by atoms with Crippen LogP contribution in [0.3, 0.4) is 0 Å². The van der Waals surface area contributed by atoms with Crippen LogP contribution in [0.25, 0.3) is 0 Å². The van der Waals surface area contributed by atoms with Crippen LogP contribution in [0.1, 0.15) is 25.7 Å². The van der Waals surface area contributed by atoms with E-state index in [9.17, 15) is 4.79 Å². The number of carbonyl (C=O) groups excluding carboxylic acids is 1. The summed E-state index contributed by atoms with van der Waals surface area (Å²) in [6.07, 6.45) is 4.16. The lowest BCUT2D eigenvalue weighted by Gasteiger charge is -2.34. The van der Waals surface area contributed by atoms with Crippen LogP contribution in [0.2, 0.25) is 0 Å². The summed E-state index contributed by atoms with van der Waals surface area (Å²) in [4.78, 5) is 16.6. The normalized spacial score (nSPS) is 28.3. The molecule has 0 spiro atoms. The molecule has 0 bridgehead atoms. The third kappa shape index (κ3) is 3.67. The van der Waals surface area contributed by atoms with Gasteiger partial charge in [-0.15, -0.1) is 11.8 Å². The van der Waals surface area contributed by atoms with E-state index >= 15 is 0 Å². The van der Waals surface area contributed by atoms with Gasteiger partial charge in [-0.3, -0.25) is 9.79 Å². The SMILES string of the molecule is N#CCNC(=O)C1CCCCC1C(S)C1=NCCS1. The Morgan fingerprint density at radius 2 is 2.37 bits per heavy atom.